The molecule has 2 heterocycles. The first-order valence-electron chi connectivity index (χ1n) is 10.7. The molecule has 2 N–H and O–H groups in total. The number of hydrogen-bond donors (Lipinski definition) is 2. The Labute approximate surface area is 188 Å². The molecule has 7 heteroatoms. The van der Waals surface area contributed by atoms with E-state index in [0.29, 0.717) is 31.6 Å². The van der Waals surface area contributed by atoms with Crippen molar-refractivity contribution in [1.29, 1.82) is 5.26 Å². The highest BCUT2D eigenvalue weighted by atomic mass is 16.5. The first-order valence-corrected chi connectivity index (χ1v) is 10.7. The normalized spacial score (nSPS) is 15.6. The highest BCUT2D eigenvalue weighted by Crippen LogP contribution is 2.31. The van der Waals surface area contributed by atoms with Crippen LogP contribution in [0.4, 0.5) is 0 Å². The Balaban J connectivity index is 1.65. The number of aromatic hydroxyl groups is 1. The number of ketones is 1. The van der Waals surface area contributed by atoms with E-state index in [1.54, 1.807) is 18.2 Å². The van der Waals surface area contributed by atoms with Crippen molar-refractivity contribution < 1.29 is 19.4 Å². The lowest BCUT2D eigenvalue weighted by Gasteiger charge is -2.31. The number of carbonyl (C=O) groups excluding carboxylic acids is 2. The molecule has 0 spiro atoms. The van der Waals surface area contributed by atoms with Crippen LogP contribution in [-0.2, 0) is 27.8 Å². The molecule has 1 fully saturated rings. The molecule has 0 atom stereocenters. The van der Waals surface area contributed by atoms with E-state index in [2.05, 4.69) is 16.4 Å². The molecule has 0 radical (unpaired) electrons. The summed E-state index contributed by atoms with van der Waals surface area (Å²) in [5.41, 5.74) is 1.27. The molecule has 2 aromatic rings. The number of phenolic OH excluding ortho intramolecular Hbond substituents is 1. The highest BCUT2D eigenvalue weighted by Gasteiger charge is 2.34. The second-order valence-electron chi connectivity index (χ2n) is 9.30. The number of nitriles is 1. The van der Waals surface area contributed by atoms with Gasteiger partial charge in [0.05, 0.1) is 6.07 Å². The Morgan fingerprint density at radius 1 is 1.16 bits per heavy atom. The maximum absolute atomic E-state index is 12.7. The van der Waals surface area contributed by atoms with Crippen molar-refractivity contribution in [3.8, 4) is 11.8 Å². The fourth-order valence-electron chi connectivity index (χ4n) is 3.81. The highest BCUT2D eigenvalue weighted by molar-refractivity contribution is 5.93. The molecule has 3 rings (SSSR count). The number of benzene rings is 1. The SMILES string of the molecule is CC(C)(C)c1ccc(CC(=O)Cc2ccnc(C(=O)NC3(C#N)CCOCC3)c2)cc1O. The second kappa shape index (κ2) is 9.49. The van der Waals surface area contributed by atoms with Crippen molar-refractivity contribution in [2.45, 2.75) is 57.4 Å². The lowest BCUT2D eigenvalue weighted by molar-refractivity contribution is -0.117. The fraction of sp³-hybridized carbons (Fsp3) is 0.440. The third-order valence-corrected chi connectivity index (χ3v) is 5.64. The molecule has 1 aromatic carbocycles. The van der Waals surface area contributed by atoms with Crippen LogP contribution >= 0.6 is 0 Å². The summed E-state index contributed by atoms with van der Waals surface area (Å²) in [6.45, 7) is 6.89. The summed E-state index contributed by atoms with van der Waals surface area (Å²) in [6.07, 6.45) is 2.66. The molecule has 0 aliphatic carbocycles. The van der Waals surface area contributed by atoms with E-state index in [1.165, 1.54) is 6.20 Å². The van der Waals surface area contributed by atoms with E-state index in [-0.39, 0.29) is 35.5 Å². The first kappa shape index (κ1) is 23.4. The number of rotatable bonds is 6. The van der Waals surface area contributed by atoms with E-state index in [4.69, 9.17) is 4.74 Å². The predicted octanol–water partition coefficient (Wildman–Crippen LogP) is 3.24. The van der Waals surface area contributed by atoms with Gasteiger partial charge in [0, 0.05) is 45.1 Å². The topological polar surface area (TPSA) is 112 Å². The van der Waals surface area contributed by atoms with Gasteiger partial charge in [-0.25, -0.2) is 0 Å². The minimum atomic E-state index is -0.954. The van der Waals surface area contributed by atoms with Crippen LogP contribution in [0.25, 0.3) is 0 Å². The number of amides is 1. The number of nitrogens with zero attached hydrogens (tertiary/aromatic N) is 2. The molecule has 1 aromatic heterocycles. The molecule has 0 bridgehead atoms. The van der Waals surface area contributed by atoms with Gasteiger partial charge < -0.3 is 15.2 Å². The summed E-state index contributed by atoms with van der Waals surface area (Å²) in [5.74, 6) is -0.293. The number of pyridine rings is 1. The standard InChI is InChI=1S/C25H29N3O4/c1-24(2,3)20-5-4-17(15-22(20)30)12-19(29)13-18-6-9-27-21(14-18)23(31)28-25(16-26)7-10-32-11-8-25/h4-6,9,14-15,30H,7-8,10-13H2,1-3H3,(H,28,31). The number of aromatic nitrogens is 1. The van der Waals surface area contributed by atoms with Gasteiger partial charge in [-0.2, -0.15) is 5.26 Å². The van der Waals surface area contributed by atoms with Crippen LogP contribution in [0.1, 0.15) is 60.8 Å². The van der Waals surface area contributed by atoms with Gasteiger partial charge in [-0.15, -0.1) is 0 Å². The van der Waals surface area contributed by atoms with Gasteiger partial charge in [0.1, 0.15) is 22.8 Å². The zero-order valence-electron chi connectivity index (χ0n) is 18.8. The molecular formula is C25H29N3O4. The summed E-state index contributed by atoms with van der Waals surface area (Å²) >= 11 is 0. The molecule has 168 valence electrons. The van der Waals surface area contributed by atoms with Gasteiger partial charge in [-0.05, 0) is 40.3 Å². The van der Waals surface area contributed by atoms with Crippen LogP contribution in [0.3, 0.4) is 0 Å². The van der Waals surface area contributed by atoms with Crippen molar-refractivity contribution in [3.63, 3.8) is 0 Å². The van der Waals surface area contributed by atoms with Crippen LogP contribution in [0.2, 0.25) is 0 Å². The molecule has 7 nitrogen and oxygen atoms in total. The van der Waals surface area contributed by atoms with E-state index in [1.807, 2.05) is 32.9 Å². The number of nitrogens with one attached hydrogen (secondary N) is 1. The van der Waals surface area contributed by atoms with Crippen LogP contribution in [0.5, 0.6) is 5.75 Å². The Morgan fingerprint density at radius 3 is 2.41 bits per heavy atom. The number of carbonyl (C=O) groups is 2. The summed E-state index contributed by atoms with van der Waals surface area (Å²) in [5, 5.41) is 22.6. The first-order chi connectivity index (χ1) is 15.1. The van der Waals surface area contributed by atoms with E-state index >= 15 is 0 Å². The van der Waals surface area contributed by atoms with Crippen molar-refractivity contribution in [3.05, 3.63) is 58.9 Å². The van der Waals surface area contributed by atoms with Gasteiger partial charge in [0.2, 0.25) is 0 Å². The quantitative estimate of drug-likeness (QED) is 0.720. The smallest absolute Gasteiger partial charge is 0.271 e. The Morgan fingerprint density at radius 2 is 1.81 bits per heavy atom. The van der Waals surface area contributed by atoms with E-state index < -0.39 is 11.4 Å². The average Bonchev–Trinajstić information content (AvgIpc) is 2.73. The predicted molar refractivity (Wildman–Crippen MR) is 119 cm³/mol. The maximum atomic E-state index is 12.7. The number of Topliss-reactive ketones (excluding diaryl/α,β-unsaturated/α-hetero) is 1. The average molecular weight is 436 g/mol. The summed E-state index contributed by atoms with van der Waals surface area (Å²) in [7, 11) is 0. The Bertz CT molecular complexity index is 1040. The van der Waals surface area contributed by atoms with Crippen molar-refractivity contribution >= 4 is 11.7 Å². The third-order valence-electron chi connectivity index (χ3n) is 5.64. The van der Waals surface area contributed by atoms with Gasteiger partial charge in [-0.3, -0.25) is 14.6 Å². The molecule has 1 aliphatic rings. The summed E-state index contributed by atoms with van der Waals surface area (Å²) in [4.78, 5) is 29.4. The summed E-state index contributed by atoms with van der Waals surface area (Å²) < 4.78 is 5.28. The maximum Gasteiger partial charge on any atom is 0.271 e. The zero-order valence-corrected chi connectivity index (χ0v) is 18.8. The molecular weight excluding hydrogens is 406 g/mol. The number of hydrogen-bond acceptors (Lipinski definition) is 6. The molecule has 1 saturated heterocycles. The summed E-state index contributed by atoms with van der Waals surface area (Å²) in [6, 6.07) is 10.8. The third kappa shape index (κ3) is 5.71. The van der Waals surface area contributed by atoms with Gasteiger partial charge in [-0.1, -0.05) is 32.9 Å². The molecule has 32 heavy (non-hydrogen) atoms. The van der Waals surface area contributed by atoms with Crippen molar-refractivity contribution in [2.24, 2.45) is 0 Å². The van der Waals surface area contributed by atoms with E-state index in [0.717, 1.165) is 11.1 Å². The lowest BCUT2D eigenvalue weighted by atomic mass is 9.85. The lowest BCUT2D eigenvalue weighted by Crippen LogP contribution is -2.51. The van der Waals surface area contributed by atoms with Crippen molar-refractivity contribution in [1.82, 2.24) is 10.3 Å². The molecule has 1 amide bonds. The van der Waals surface area contributed by atoms with Gasteiger partial charge >= 0.3 is 0 Å². The van der Waals surface area contributed by atoms with Gasteiger partial charge in [0.25, 0.3) is 5.91 Å². The minimum Gasteiger partial charge on any atom is -0.508 e. The molecule has 0 saturated carbocycles. The minimum absolute atomic E-state index is 0.0385. The fourth-order valence-corrected chi connectivity index (χ4v) is 3.81. The van der Waals surface area contributed by atoms with Gasteiger partial charge in [0.15, 0.2) is 0 Å². The number of phenols is 1. The zero-order chi connectivity index (χ0) is 23.4. The Hall–Kier alpha value is -3.24. The monoisotopic (exact) mass is 435 g/mol. The Kier molecular flexibility index (Phi) is 6.95. The van der Waals surface area contributed by atoms with Crippen LogP contribution in [0.15, 0.2) is 36.5 Å². The van der Waals surface area contributed by atoms with Crippen LogP contribution < -0.4 is 5.32 Å². The van der Waals surface area contributed by atoms with E-state index in [9.17, 15) is 20.0 Å². The van der Waals surface area contributed by atoms with Crippen molar-refractivity contribution in [2.75, 3.05) is 13.2 Å². The molecule has 1 aliphatic heterocycles. The second-order valence-corrected chi connectivity index (χ2v) is 9.30. The van der Waals surface area contributed by atoms with Crippen LogP contribution in [-0.4, -0.2) is 40.5 Å². The molecule has 0 unspecified atom stereocenters. The van der Waals surface area contributed by atoms with Crippen LogP contribution in [0, 0.1) is 11.3 Å². The largest absolute Gasteiger partial charge is 0.508 e. The number of ether oxygens (including phenoxy) is 1.